The number of hydrogen-bond donors (Lipinski definition) is 0. The van der Waals surface area contributed by atoms with E-state index in [0.29, 0.717) is 33.0 Å². The van der Waals surface area contributed by atoms with Gasteiger partial charge in [0.1, 0.15) is 0 Å². The summed E-state index contributed by atoms with van der Waals surface area (Å²) in [6.07, 6.45) is -19.5. The van der Waals surface area contributed by atoms with Crippen LogP contribution in [-0.4, -0.2) is 9.52 Å². The Bertz CT molecular complexity index is 3040. The summed E-state index contributed by atoms with van der Waals surface area (Å²) in [5.41, 5.74) is 1.21. The van der Waals surface area contributed by atoms with Gasteiger partial charge in [0.15, 0.2) is 0 Å². The van der Waals surface area contributed by atoms with Gasteiger partial charge in [-0.25, -0.2) is 0 Å². The van der Waals surface area contributed by atoms with E-state index in [1.165, 1.54) is 21.5 Å². The van der Waals surface area contributed by atoms with E-state index in [1.807, 2.05) is 112 Å². The van der Waals surface area contributed by atoms with Crippen molar-refractivity contribution < 1.29 is 73.5 Å². The van der Waals surface area contributed by atoms with Crippen LogP contribution >= 0.6 is 17.0 Å². The van der Waals surface area contributed by atoms with Crippen LogP contribution in [-0.2, 0) is 56.4 Å². The monoisotopic (exact) mass is 1190 g/mol. The molecule has 9 rings (SSSR count). The quantitative estimate of drug-likeness (QED) is 0.0936. The molecule has 0 unspecified atom stereocenters. The predicted octanol–water partition coefficient (Wildman–Crippen LogP) is 19.9. The van der Waals surface area contributed by atoms with Crippen LogP contribution in [0.1, 0.15) is 126 Å². The molecule has 0 atom stereocenters. The van der Waals surface area contributed by atoms with Gasteiger partial charge in [0.25, 0.3) is 0 Å². The van der Waals surface area contributed by atoms with E-state index in [1.54, 1.807) is 12.1 Å². The van der Waals surface area contributed by atoms with E-state index in [0.717, 1.165) is 55.7 Å². The smallest absolute Gasteiger partial charge is 0.0920 e. The normalized spacial score (nSPS) is 12.9. The molecule has 0 N–H and O–H groups in total. The summed E-state index contributed by atoms with van der Waals surface area (Å²) < 4.78 is 161. The molecule has 76 heavy (non-hydrogen) atoms. The summed E-state index contributed by atoms with van der Waals surface area (Å²) in [7, 11) is 10.7. The minimum absolute atomic E-state index is 0.0718. The Kier molecular flexibility index (Phi) is 18.3. The minimum Gasteiger partial charge on any atom is -0.184 e. The zero-order chi connectivity index (χ0) is 56.7. The summed E-state index contributed by atoms with van der Waals surface area (Å²) >= 11 is -0.826. The van der Waals surface area contributed by atoms with Crippen molar-refractivity contribution in [2.24, 2.45) is 0 Å². The third kappa shape index (κ3) is 14.2. The van der Waals surface area contributed by atoms with Gasteiger partial charge in [0, 0.05) is 0 Å². The molecule has 1 aliphatic heterocycles. The van der Waals surface area contributed by atoms with Gasteiger partial charge in [-0.1, -0.05) is 127 Å². The third-order valence-corrected chi connectivity index (χ3v) is 14.3. The molecule has 0 aliphatic carbocycles. The number of hydrogen-bond acceptors (Lipinski definition) is 0. The average molecular weight is 1190 g/mol. The van der Waals surface area contributed by atoms with Crippen molar-refractivity contribution in [3.63, 3.8) is 0 Å². The van der Waals surface area contributed by atoms with Crippen LogP contribution in [0.25, 0.3) is 54.9 Å². The molecule has 0 aromatic heterocycles. The SMILES string of the molecule is CC(C)c1ccc2[cH-]c(C(C)(C)C)cc2c1-c1cc(C(F)(F)F)cc(C(F)(F)F)c1.CC(C)c1ccc2[cH-]c(C(C)(C)C)cc2c1-c1cc(C(F)(F)F)cc(C(F)(F)F)c1.[Cl][Zr][Cl].[c-]1cccc2c1[Si]c1ccccc1-2. The van der Waals surface area contributed by atoms with Gasteiger partial charge in [0.2, 0.25) is 0 Å². The van der Waals surface area contributed by atoms with Crippen molar-refractivity contribution in [3.05, 3.63) is 178 Å². The van der Waals surface area contributed by atoms with Crippen molar-refractivity contribution in [2.75, 3.05) is 0 Å². The molecular weight excluding hydrogens is 1140 g/mol. The van der Waals surface area contributed by atoms with E-state index in [4.69, 9.17) is 17.0 Å². The number of benzene rings is 6. The van der Waals surface area contributed by atoms with Crippen molar-refractivity contribution in [2.45, 2.75) is 117 Å². The number of rotatable bonds is 4. The van der Waals surface area contributed by atoms with E-state index in [-0.39, 0.29) is 45.9 Å². The summed E-state index contributed by atoms with van der Waals surface area (Å²) in [6, 6.07) is 36.8. The van der Waals surface area contributed by atoms with Gasteiger partial charge < -0.3 is 0 Å². The molecule has 1 aliphatic rings. The molecule has 1 heterocycles. The molecule has 0 amide bonds. The van der Waals surface area contributed by atoms with E-state index >= 15 is 0 Å². The molecular formula is C60H53Cl2F12SiZr-3. The van der Waals surface area contributed by atoms with Gasteiger partial charge in [-0.3, -0.25) is 0 Å². The van der Waals surface area contributed by atoms with Crippen molar-refractivity contribution in [1.82, 2.24) is 0 Å². The minimum atomic E-state index is -4.88. The van der Waals surface area contributed by atoms with Gasteiger partial charge in [-0.15, -0.1) is 74.6 Å². The second-order valence-electron chi connectivity index (χ2n) is 21.2. The Morgan fingerprint density at radius 3 is 1.17 bits per heavy atom. The third-order valence-electron chi connectivity index (χ3n) is 12.9. The Hall–Kier alpha value is -4.62. The maximum absolute atomic E-state index is 13.4. The second-order valence-corrected chi connectivity index (χ2v) is 26.2. The van der Waals surface area contributed by atoms with Crippen molar-refractivity contribution >= 4 is 58.5 Å². The van der Waals surface area contributed by atoms with Crippen molar-refractivity contribution in [3.8, 4) is 33.4 Å². The molecule has 0 nitrogen and oxygen atoms in total. The maximum atomic E-state index is 13.4. The first-order valence-electron chi connectivity index (χ1n) is 23.9. The largest absolute Gasteiger partial charge is 0.184 e. The molecule has 0 spiro atoms. The van der Waals surface area contributed by atoms with Crippen LogP contribution in [0.15, 0.2) is 127 Å². The molecule has 8 aromatic carbocycles. The van der Waals surface area contributed by atoms with Gasteiger partial charge in [-0.2, -0.15) is 94.3 Å². The number of fused-ring (bicyclic) bond motifs is 5. The Labute approximate surface area is 457 Å². The molecule has 402 valence electrons. The summed E-state index contributed by atoms with van der Waals surface area (Å²) in [4.78, 5) is 0. The average Bonchev–Trinajstić information content (AvgIpc) is 4.06. The Morgan fingerprint density at radius 1 is 0.474 bits per heavy atom. The molecule has 0 saturated carbocycles. The zero-order valence-corrected chi connectivity index (χ0v) is 48.0. The van der Waals surface area contributed by atoms with Crippen LogP contribution in [0.4, 0.5) is 52.7 Å². The first-order valence-corrected chi connectivity index (χ1v) is 31.3. The van der Waals surface area contributed by atoms with E-state index < -0.39 is 67.8 Å². The predicted molar refractivity (Wildman–Crippen MR) is 283 cm³/mol. The molecule has 0 saturated heterocycles. The Morgan fingerprint density at radius 2 is 0.829 bits per heavy atom. The first kappa shape index (κ1) is 60.6. The standard InChI is InChI=1S/2C24H23F6.C12H7Si.2ClH.Zr/c2*1-13(2)19-7-6-14-8-16(22(3,4)5)12-20(14)21(19)15-9-17(23(25,26)27)11-18(10-15)24(28,29)30;1-3-7-11-9(5-1)10-6-2-4-8-12(10)13-11;;;/h2*6-13H,1-5H3;1-7H;2*1H;/q3*-1;;;+2/p-2. The molecule has 16 heteroatoms. The Balaban J connectivity index is 0.000000192. The van der Waals surface area contributed by atoms with Crippen LogP contribution in [0, 0.1) is 6.07 Å². The fraction of sp³-hybridized carbons (Fsp3) is 0.300. The summed E-state index contributed by atoms with van der Waals surface area (Å²) in [5.74, 6) is -0.164. The molecule has 2 radical (unpaired) electrons. The van der Waals surface area contributed by atoms with Crippen LogP contribution < -0.4 is 10.4 Å². The molecule has 0 fully saturated rings. The van der Waals surface area contributed by atoms with Gasteiger partial charge in [-0.05, 0) is 70.2 Å². The molecule has 0 bridgehead atoms. The second kappa shape index (κ2) is 23.0. The first-order chi connectivity index (χ1) is 35.0. The summed E-state index contributed by atoms with van der Waals surface area (Å²) in [6.45, 7) is 19.5. The number of alkyl halides is 12. The topological polar surface area (TPSA) is 0 Å². The van der Waals surface area contributed by atoms with Crippen LogP contribution in [0.3, 0.4) is 0 Å². The van der Waals surface area contributed by atoms with Gasteiger partial charge in [0.05, 0.1) is 31.8 Å². The molecule has 8 aromatic rings. The van der Waals surface area contributed by atoms with E-state index in [9.17, 15) is 52.7 Å². The van der Waals surface area contributed by atoms with Gasteiger partial charge >= 0.3 is 62.6 Å². The van der Waals surface area contributed by atoms with Crippen LogP contribution in [0.5, 0.6) is 0 Å². The van der Waals surface area contributed by atoms with Crippen molar-refractivity contribution in [1.29, 1.82) is 0 Å². The summed E-state index contributed by atoms with van der Waals surface area (Å²) in [5, 5.41) is 5.75. The fourth-order valence-corrected chi connectivity index (χ4v) is 10.3. The fourth-order valence-electron chi connectivity index (χ4n) is 8.99. The zero-order valence-electron chi connectivity index (χ0n) is 43.1. The van der Waals surface area contributed by atoms with E-state index in [2.05, 4.69) is 42.5 Å². The number of halogens is 14. The maximum Gasteiger partial charge on any atom is 0.0920 e. The van der Waals surface area contributed by atoms with Crippen LogP contribution in [0.2, 0.25) is 0 Å².